The zero-order valence-electron chi connectivity index (χ0n) is 41.1. The van der Waals surface area contributed by atoms with E-state index in [1.54, 1.807) is 0 Å². The van der Waals surface area contributed by atoms with Crippen molar-refractivity contribution in [1.82, 2.24) is 4.57 Å². The molecule has 0 fully saturated rings. The Hall–Kier alpha value is -9.76. The number of hydrogen-bond donors (Lipinski definition) is 0. The van der Waals surface area contributed by atoms with Gasteiger partial charge >= 0.3 is 0 Å². The number of nitrogens with zero attached hydrogens (tertiary/aromatic N) is 2. The van der Waals surface area contributed by atoms with Crippen LogP contribution < -0.4 is 4.90 Å². The van der Waals surface area contributed by atoms with Gasteiger partial charge in [0.25, 0.3) is 0 Å². The van der Waals surface area contributed by atoms with Crippen molar-refractivity contribution in [3.63, 3.8) is 0 Å². The number of aromatic nitrogens is 1. The van der Waals surface area contributed by atoms with Crippen LogP contribution in [0.3, 0.4) is 0 Å². The van der Waals surface area contributed by atoms with Crippen LogP contribution in [0.4, 0.5) is 17.1 Å². The van der Waals surface area contributed by atoms with E-state index >= 15 is 0 Å². The van der Waals surface area contributed by atoms with Crippen LogP contribution in [0.25, 0.3) is 94.3 Å². The molecule has 2 heteroatoms. The Morgan fingerprint density at radius 3 is 1.27 bits per heavy atom. The van der Waals surface area contributed by atoms with E-state index in [1.807, 2.05) is 0 Å². The van der Waals surface area contributed by atoms with Crippen molar-refractivity contribution in [2.45, 2.75) is 5.41 Å². The summed E-state index contributed by atoms with van der Waals surface area (Å²) in [5, 5.41) is 2.53. The predicted octanol–water partition coefficient (Wildman–Crippen LogP) is 19.3. The number of rotatable bonds is 8. The molecule has 15 rings (SSSR count). The highest BCUT2D eigenvalue weighted by molar-refractivity contribution is 6.09. The van der Waals surface area contributed by atoms with Crippen LogP contribution in [0.2, 0.25) is 0 Å². The molecule has 0 amide bonds. The van der Waals surface area contributed by atoms with Gasteiger partial charge in [0.2, 0.25) is 0 Å². The minimum Gasteiger partial charge on any atom is -0.310 e. The van der Waals surface area contributed by atoms with E-state index in [1.165, 1.54) is 99.7 Å². The van der Waals surface area contributed by atoms with E-state index < -0.39 is 5.41 Å². The van der Waals surface area contributed by atoms with E-state index in [9.17, 15) is 0 Å². The SMILES string of the molecule is c1ccc(-c2ccccc2-c2c(-c3ccccc3)cccc2N(c2ccc(-c3ccc(-n4c5ccccc5c5ccccc54)cc3)cc2)c2ccc3c(c2)C2(c4ccccc4-c4ccccc42)c2ccccc2-3)cc1. The van der Waals surface area contributed by atoms with Crippen LogP contribution >= 0.6 is 0 Å². The maximum absolute atomic E-state index is 2.52. The van der Waals surface area contributed by atoms with E-state index in [0.717, 1.165) is 33.9 Å². The first-order chi connectivity index (χ1) is 37.2. The smallest absolute Gasteiger partial charge is 0.0726 e. The van der Waals surface area contributed by atoms with Gasteiger partial charge in [0.1, 0.15) is 0 Å². The Morgan fingerprint density at radius 2 is 0.693 bits per heavy atom. The molecule has 2 nitrogen and oxygen atoms in total. The second-order valence-electron chi connectivity index (χ2n) is 19.9. The summed E-state index contributed by atoms with van der Waals surface area (Å²) >= 11 is 0. The molecule has 0 saturated heterocycles. The fraction of sp³-hybridized carbons (Fsp3) is 0.0137. The number of fused-ring (bicyclic) bond motifs is 13. The molecule has 75 heavy (non-hydrogen) atoms. The molecule has 1 aromatic heterocycles. The van der Waals surface area contributed by atoms with Gasteiger partial charge in [-0.3, -0.25) is 0 Å². The molecule has 350 valence electrons. The lowest BCUT2D eigenvalue weighted by atomic mass is 9.70. The van der Waals surface area contributed by atoms with Crippen LogP contribution in [0.5, 0.6) is 0 Å². The van der Waals surface area contributed by atoms with Gasteiger partial charge in [-0.05, 0) is 138 Å². The average Bonchev–Trinajstić information content (AvgIpc) is 4.30. The molecule has 0 aliphatic heterocycles. The molecule has 2 aliphatic carbocycles. The Balaban J connectivity index is 0.945. The lowest BCUT2D eigenvalue weighted by Gasteiger charge is -2.33. The maximum atomic E-state index is 2.52. The van der Waals surface area contributed by atoms with Crippen molar-refractivity contribution in [2.24, 2.45) is 0 Å². The van der Waals surface area contributed by atoms with Crippen LogP contribution in [-0.2, 0) is 5.41 Å². The standard InChI is InChI=1S/C73H48N2/c1-3-20-51(21-4-1)56-24-7-8-30-64(56)72-57(52-22-5-2-6-23-52)31-19-37-71(72)74(53-42-38-49(39-43-53)50-40-44-54(45-41-50)75-69-35-17-12-28-62(69)63-29-13-18-36-70(63)75)55-46-47-61-60-27-11-16-34-67(60)73(68(61)48-55)65-32-14-9-25-58(65)59-26-10-15-33-66(59)73/h1-48H. The fourth-order valence-electron chi connectivity index (χ4n) is 12.9. The summed E-state index contributed by atoms with van der Waals surface area (Å²) in [6.07, 6.45) is 0. The molecule has 1 spiro atoms. The number of anilines is 3. The highest BCUT2D eigenvalue weighted by atomic mass is 15.1. The first-order valence-corrected chi connectivity index (χ1v) is 26.0. The summed E-state index contributed by atoms with van der Waals surface area (Å²) in [5.41, 5.74) is 26.1. The van der Waals surface area contributed by atoms with Gasteiger partial charge in [-0.15, -0.1) is 0 Å². The molecule has 0 saturated carbocycles. The Morgan fingerprint density at radius 1 is 0.267 bits per heavy atom. The summed E-state index contributed by atoms with van der Waals surface area (Å²) in [5.74, 6) is 0. The minimum absolute atomic E-state index is 0.495. The fourth-order valence-corrected chi connectivity index (χ4v) is 12.9. The minimum atomic E-state index is -0.495. The van der Waals surface area contributed by atoms with E-state index in [0.29, 0.717) is 0 Å². The van der Waals surface area contributed by atoms with E-state index in [2.05, 4.69) is 301 Å². The van der Waals surface area contributed by atoms with Gasteiger partial charge in [-0.25, -0.2) is 0 Å². The second-order valence-corrected chi connectivity index (χ2v) is 19.9. The van der Waals surface area contributed by atoms with Crippen molar-refractivity contribution in [3.8, 4) is 72.4 Å². The number of para-hydroxylation sites is 2. The van der Waals surface area contributed by atoms with Crippen molar-refractivity contribution >= 4 is 38.9 Å². The third-order valence-corrected chi connectivity index (χ3v) is 16.1. The monoisotopic (exact) mass is 952 g/mol. The third-order valence-electron chi connectivity index (χ3n) is 16.1. The molecule has 13 aromatic rings. The van der Waals surface area contributed by atoms with Gasteiger partial charge in [0, 0.05) is 33.4 Å². The average molecular weight is 953 g/mol. The predicted molar refractivity (Wildman–Crippen MR) is 314 cm³/mol. The molecular formula is C73H48N2. The van der Waals surface area contributed by atoms with Crippen molar-refractivity contribution in [2.75, 3.05) is 4.90 Å². The Kier molecular flexibility index (Phi) is 9.83. The third kappa shape index (κ3) is 6.53. The van der Waals surface area contributed by atoms with Gasteiger partial charge in [0.05, 0.1) is 22.1 Å². The summed E-state index contributed by atoms with van der Waals surface area (Å²) in [6, 6.07) is 108. The van der Waals surface area contributed by atoms with Crippen LogP contribution in [0, 0.1) is 0 Å². The van der Waals surface area contributed by atoms with Gasteiger partial charge < -0.3 is 9.47 Å². The maximum Gasteiger partial charge on any atom is 0.0726 e. The molecule has 12 aromatic carbocycles. The van der Waals surface area contributed by atoms with Crippen molar-refractivity contribution in [1.29, 1.82) is 0 Å². The van der Waals surface area contributed by atoms with Crippen LogP contribution in [0.15, 0.2) is 291 Å². The summed E-state index contributed by atoms with van der Waals surface area (Å²) in [4.78, 5) is 2.52. The molecular weight excluding hydrogens is 905 g/mol. The first-order valence-electron chi connectivity index (χ1n) is 26.0. The zero-order valence-corrected chi connectivity index (χ0v) is 41.1. The van der Waals surface area contributed by atoms with Gasteiger partial charge in [-0.2, -0.15) is 0 Å². The molecule has 0 atom stereocenters. The van der Waals surface area contributed by atoms with Crippen LogP contribution in [-0.4, -0.2) is 4.57 Å². The summed E-state index contributed by atoms with van der Waals surface area (Å²) in [6.45, 7) is 0. The van der Waals surface area contributed by atoms with E-state index in [-0.39, 0.29) is 0 Å². The van der Waals surface area contributed by atoms with Crippen molar-refractivity contribution in [3.05, 3.63) is 313 Å². The highest BCUT2D eigenvalue weighted by Gasteiger charge is 2.51. The van der Waals surface area contributed by atoms with E-state index in [4.69, 9.17) is 0 Å². The summed E-state index contributed by atoms with van der Waals surface area (Å²) in [7, 11) is 0. The zero-order chi connectivity index (χ0) is 49.5. The molecule has 0 N–H and O–H groups in total. The molecule has 0 unspecified atom stereocenters. The normalized spacial score (nSPS) is 12.6. The van der Waals surface area contributed by atoms with Gasteiger partial charge in [-0.1, -0.05) is 237 Å². The van der Waals surface area contributed by atoms with Crippen molar-refractivity contribution < 1.29 is 0 Å². The lowest BCUT2D eigenvalue weighted by molar-refractivity contribution is 0.793. The molecule has 1 heterocycles. The topological polar surface area (TPSA) is 8.17 Å². The summed E-state index contributed by atoms with van der Waals surface area (Å²) < 4.78 is 2.38. The molecule has 0 bridgehead atoms. The Bertz CT molecular complexity index is 4220. The van der Waals surface area contributed by atoms with Crippen LogP contribution in [0.1, 0.15) is 22.3 Å². The second kappa shape index (κ2) is 17.2. The number of hydrogen-bond acceptors (Lipinski definition) is 1. The highest BCUT2D eigenvalue weighted by Crippen LogP contribution is 2.63. The van der Waals surface area contributed by atoms with Gasteiger partial charge in [0.15, 0.2) is 0 Å². The lowest BCUT2D eigenvalue weighted by Crippen LogP contribution is -2.26. The molecule has 2 aliphatic rings. The molecule has 0 radical (unpaired) electrons. The number of benzene rings is 12. The largest absolute Gasteiger partial charge is 0.310 e. The Labute approximate surface area is 437 Å². The first kappa shape index (κ1) is 42.9. The quantitative estimate of drug-likeness (QED) is 0.147.